The van der Waals surface area contributed by atoms with Crippen LogP contribution in [0.4, 0.5) is 0 Å². The average Bonchev–Trinajstić information content (AvgIpc) is 2.31. The van der Waals surface area contributed by atoms with Crippen molar-refractivity contribution in [2.24, 2.45) is 0 Å². The molecule has 0 saturated carbocycles. The second-order valence-electron chi connectivity index (χ2n) is 4.85. The predicted molar refractivity (Wildman–Crippen MR) is 77.3 cm³/mol. The molecule has 0 atom stereocenters. The fourth-order valence-electron chi connectivity index (χ4n) is 2.00. The molecule has 0 aliphatic heterocycles. The topological polar surface area (TPSA) is 43.4 Å². The molecule has 0 bridgehead atoms. The van der Waals surface area contributed by atoms with E-state index < -0.39 is 10.1 Å². The third-order valence-electron chi connectivity index (χ3n) is 3.05. The highest BCUT2D eigenvalue weighted by molar-refractivity contribution is 7.86. The van der Waals surface area contributed by atoms with Crippen molar-refractivity contribution in [3.63, 3.8) is 0 Å². The van der Waals surface area contributed by atoms with E-state index in [9.17, 15) is 8.42 Å². The van der Waals surface area contributed by atoms with Gasteiger partial charge < -0.3 is 0 Å². The lowest BCUT2D eigenvalue weighted by Crippen LogP contribution is -2.10. The summed E-state index contributed by atoms with van der Waals surface area (Å²) in [5, 5.41) is 0. The zero-order valence-corrected chi connectivity index (χ0v) is 12.9. The van der Waals surface area contributed by atoms with Crippen LogP contribution < -0.4 is 0 Å². The van der Waals surface area contributed by atoms with Crippen molar-refractivity contribution in [3.8, 4) is 0 Å². The van der Waals surface area contributed by atoms with Gasteiger partial charge in [0.05, 0.1) is 12.4 Å². The third-order valence-corrected chi connectivity index (χ3v) is 4.43. The summed E-state index contributed by atoms with van der Waals surface area (Å²) in [7, 11) is -3.24. The van der Waals surface area contributed by atoms with Gasteiger partial charge in [0.2, 0.25) is 0 Å². The molecule has 3 nitrogen and oxygen atoms in total. The Morgan fingerprint density at radius 1 is 0.722 bits per heavy atom. The van der Waals surface area contributed by atoms with Gasteiger partial charge in [-0.3, -0.25) is 4.18 Å². The quantitative estimate of drug-likeness (QED) is 0.373. The van der Waals surface area contributed by atoms with Crippen LogP contribution in [0.5, 0.6) is 0 Å². The minimum absolute atomic E-state index is 0.178. The van der Waals surface area contributed by atoms with Gasteiger partial charge in [0, 0.05) is 0 Å². The molecular weight excluding hydrogens is 248 g/mol. The lowest BCUT2D eigenvalue weighted by Gasteiger charge is -2.03. The van der Waals surface area contributed by atoms with E-state index in [1.165, 1.54) is 44.9 Å². The maximum atomic E-state index is 11.2. The molecule has 4 heteroatoms. The van der Waals surface area contributed by atoms with Gasteiger partial charge in [-0.15, -0.1) is 0 Å². The highest BCUT2D eigenvalue weighted by Gasteiger charge is 2.08. The molecule has 0 unspecified atom stereocenters. The van der Waals surface area contributed by atoms with Gasteiger partial charge in [-0.2, -0.15) is 8.42 Å². The third kappa shape index (κ3) is 12.4. The number of hydrogen-bond acceptors (Lipinski definition) is 3. The van der Waals surface area contributed by atoms with Gasteiger partial charge in [-0.1, -0.05) is 64.7 Å². The first-order valence-electron chi connectivity index (χ1n) is 7.49. The SMILES string of the molecule is CCCCCCCCCCCCS(=O)(=O)OCC. The molecule has 0 aliphatic rings. The van der Waals surface area contributed by atoms with E-state index >= 15 is 0 Å². The monoisotopic (exact) mass is 278 g/mol. The highest BCUT2D eigenvalue weighted by Crippen LogP contribution is 2.11. The minimum atomic E-state index is -3.24. The zero-order chi connectivity index (χ0) is 13.7. The summed E-state index contributed by atoms with van der Waals surface area (Å²) >= 11 is 0. The van der Waals surface area contributed by atoms with Crippen LogP contribution in [0.3, 0.4) is 0 Å². The molecule has 0 amide bonds. The number of hydrogen-bond donors (Lipinski definition) is 0. The fraction of sp³-hybridized carbons (Fsp3) is 1.00. The summed E-state index contributed by atoms with van der Waals surface area (Å²) in [5.74, 6) is 0.178. The Kier molecular flexibility index (Phi) is 11.9. The van der Waals surface area contributed by atoms with Crippen LogP contribution in [-0.2, 0) is 14.3 Å². The van der Waals surface area contributed by atoms with Crippen LogP contribution in [0.15, 0.2) is 0 Å². The van der Waals surface area contributed by atoms with Crippen molar-refractivity contribution in [2.75, 3.05) is 12.4 Å². The molecular formula is C14H30O3S. The van der Waals surface area contributed by atoms with E-state index in [1.807, 2.05) is 0 Å². The van der Waals surface area contributed by atoms with Crippen LogP contribution in [-0.4, -0.2) is 20.8 Å². The summed E-state index contributed by atoms with van der Waals surface area (Å²) in [6.45, 7) is 4.19. The molecule has 0 N–H and O–H groups in total. The van der Waals surface area contributed by atoms with Crippen LogP contribution in [0, 0.1) is 0 Å². The van der Waals surface area contributed by atoms with E-state index in [0.717, 1.165) is 19.3 Å². The molecule has 0 heterocycles. The summed E-state index contributed by atoms with van der Waals surface area (Å²) in [6, 6.07) is 0. The first kappa shape index (κ1) is 17.9. The molecule has 0 aromatic rings. The Bertz CT molecular complexity index is 260. The molecule has 0 saturated heterocycles. The van der Waals surface area contributed by atoms with Gasteiger partial charge in [0.1, 0.15) is 0 Å². The maximum Gasteiger partial charge on any atom is 0.267 e. The highest BCUT2D eigenvalue weighted by atomic mass is 32.2. The Hall–Kier alpha value is -0.0900. The second-order valence-corrected chi connectivity index (χ2v) is 6.61. The van der Waals surface area contributed by atoms with Gasteiger partial charge in [-0.05, 0) is 13.3 Å². The first-order chi connectivity index (χ1) is 8.62. The molecule has 18 heavy (non-hydrogen) atoms. The molecule has 0 spiro atoms. The Balaban J connectivity index is 3.21. The van der Waals surface area contributed by atoms with Crippen LogP contribution in [0.25, 0.3) is 0 Å². The minimum Gasteiger partial charge on any atom is -0.270 e. The van der Waals surface area contributed by atoms with E-state index in [-0.39, 0.29) is 12.4 Å². The molecule has 0 aliphatic carbocycles. The molecule has 110 valence electrons. The van der Waals surface area contributed by atoms with Gasteiger partial charge in [0.15, 0.2) is 0 Å². The molecule has 0 aromatic heterocycles. The van der Waals surface area contributed by atoms with Crippen molar-refractivity contribution in [1.29, 1.82) is 0 Å². The average molecular weight is 278 g/mol. The first-order valence-corrected chi connectivity index (χ1v) is 9.07. The van der Waals surface area contributed by atoms with Crippen LogP contribution in [0.2, 0.25) is 0 Å². The van der Waals surface area contributed by atoms with Gasteiger partial charge in [0.25, 0.3) is 10.1 Å². The summed E-state index contributed by atoms with van der Waals surface area (Å²) < 4.78 is 27.2. The van der Waals surface area contributed by atoms with Crippen molar-refractivity contribution < 1.29 is 12.6 Å². The summed E-state index contributed by atoms with van der Waals surface area (Å²) in [6.07, 6.45) is 12.1. The summed E-state index contributed by atoms with van der Waals surface area (Å²) in [4.78, 5) is 0. The van der Waals surface area contributed by atoms with E-state index in [2.05, 4.69) is 11.1 Å². The van der Waals surface area contributed by atoms with Crippen LogP contribution in [0.1, 0.15) is 78.1 Å². The Morgan fingerprint density at radius 2 is 1.17 bits per heavy atom. The number of rotatable bonds is 13. The lowest BCUT2D eigenvalue weighted by molar-refractivity contribution is 0.337. The van der Waals surface area contributed by atoms with Crippen molar-refractivity contribution >= 4 is 10.1 Å². The van der Waals surface area contributed by atoms with E-state index in [1.54, 1.807) is 6.92 Å². The van der Waals surface area contributed by atoms with E-state index in [4.69, 9.17) is 0 Å². The Morgan fingerprint density at radius 3 is 1.61 bits per heavy atom. The van der Waals surface area contributed by atoms with Gasteiger partial charge in [-0.25, -0.2) is 0 Å². The molecule has 0 rings (SSSR count). The van der Waals surface area contributed by atoms with E-state index in [0.29, 0.717) is 0 Å². The number of unbranched alkanes of at least 4 members (excludes halogenated alkanes) is 9. The zero-order valence-electron chi connectivity index (χ0n) is 12.1. The smallest absolute Gasteiger partial charge is 0.267 e. The second kappa shape index (κ2) is 12.0. The molecule has 0 radical (unpaired) electrons. The predicted octanol–water partition coefficient (Wildman–Crippen LogP) is 4.27. The standard InChI is InChI=1S/C14H30O3S/c1-3-5-6-7-8-9-10-11-12-13-14-18(15,16)17-4-2/h3-14H2,1-2H3. The van der Waals surface area contributed by atoms with Crippen molar-refractivity contribution in [2.45, 2.75) is 78.1 Å². The molecule has 0 fully saturated rings. The Labute approximate surface area is 113 Å². The maximum absolute atomic E-state index is 11.2. The molecule has 0 aromatic carbocycles. The van der Waals surface area contributed by atoms with Crippen molar-refractivity contribution in [3.05, 3.63) is 0 Å². The summed E-state index contributed by atoms with van der Waals surface area (Å²) in [5.41, 5.74) is 0. The largest absolute Gasteiger partial charge is 0.270 e. The fourth-order valence-corrected chi connectivity index (χ4v) is 3.04. The normalized spacial score (nSPS) is 11.9. The lowest BCUT2D eigenvalue weighted by atomic mass is 10.1. The van der Waals surface area contributed by atoms with Gasteiger partial charge >= 0.3 is 0 Å². The van der Waals surface area contributed by atoms with Crippen molar-refractivity contribution in [1.82, 2.24) is 0 Å². The van der Waals surface area contributed by atoms with Crippen LogP contribution >= 0.6 is 0 Å².